The highest BCUT2D eigenvalue weighted by Gasteiger charge is 2.13. The summed E-state index contributed by atoms with van der Waals surface area (Å²) >= 11 is 19.9. The number of rotatable bonds is 8. The van der Waals surface area contributed by atoms with Crippen LogP contribution in [0.3, 0.4) is 0 Å². The molecule has 7 heteroatoms. The average molecular weight is 428 g/mol. The summed E-state index contributed by atoms with van der Waals surface area (Å²) in [6.07, 6.45) is 5.54. The summed E-state index contributed by atoms with van der Waals surface area (Å²) in [5, 5.41) is 2.19. The number of benzene rings is 2. The van der Waals surface area contributed by atoms with E-state index >= 15 is 0 Å². The molecule has 3 aromatic rings. The predicted octanol–water partition coefficient (Wildman–Crippen LogP) is 6.22. The van der Waals surface area contributed by atoms with Gasteiger partial charge in [-0.15, -0.1) is 11.8 Å². The average Bonchev–Trinajstić information content (AvgIpc) is 3.12. The molecule has 0 saturated heterocycles. The van der Waals surface area contributed by atoms with Crippen LogP contribution >= 0.6 is 46.6 Å². The van der Waals surface area contributed by atoms with Crippen LogP contribution in [0.2, 0.25) is 15.1 Å². The van der Waals surface area contributed by atoms with Gasteiger partial charge in [-0.3, -0.25) is 0 Å². The van der Waals surface area contributed by atoms with Crippen molar-refractivity contribution in [3.05, 3.63) is 81.8 Å². The first kappa shape index (κ1) is 19.6. The Hall–Kier alpha value is -1.17. The molecule has 0 aliphatic heterocycles. The molecule has 1 aromatic heterocycles. The summed E-state index contributed by atoms with van der Waals surface area (Å²) in [7, 11) is 0. The van der Waals surface area contributed by atoms with Crippen molar-refractivity contribution in [1.29, 1.82) is 0 Å². The van der Waals surface area contributed by atoms with E-state index in [4.69, 9.17) is 39.5 Å². The third-order valence-electron chi connectivity index (χ3n) is 3.67. The minimum Gasteiger partial charge on any atom is -0.375 e. The molecule has 0 N–H and O–H groups in total. The molecule has 0 amide bonds. The normalized spacial score (nSPS) is 12.3. The van der Waals surface area contributed by atoms with Crippen molar-refractivity contribution >= 4 is 46.6 Å². The Morgan fingerprint density at radius 2 is 1.81 bits per heavy atom. The highest BCUT2D eigenvalue weighted by molar-refractivity contribution is 8.00. The number of ether oxygens (including phenoxy) is 1. The molecular formula is C19H17Cl3N2OS. The molecule has 0 spiro atoms. The van der Waals surface area contributed by atoms with Crippen molar-refractivity contribution in [3.8, 4) is 0 Å². The van der Waals surface area contributed by atoms with Gasteiger partial charge >= 0.3 is 0 Å². The van der Waals surface area contributed by atoms with Gasteiger partial charge in [0, 0.05) is 38.9 Å². The van der Waals surface area contributed by atoms with Crippen LogP contribution in [-0.4, -0.2) is 21.4 Å². The summed E-state index contributed by atoms with van der Waals surface area (Å²) in [5.41, 5.74) is 0.925. The maximum Gasteiger partial charge on any atom is 0.0946 e. The third-order valence-corrected chi connectivity index (χ3v) is 5.67. The van der Waals surface area contributed by atoms with Gasteiger partial charge in [-0.1, -0.05) is 40.9 Å². The van der Waals surface area contributed by atoms with Crippen molar-refractivity contribution in [3.63, 3.8) is 0 Å². The molecule has 0 saturated carbocycles. The predicted molar refractivity (Wildman–Crippen MR) is 109 cm³/mol. The second-order valence-corrected chi connectivity index (χ2v) is 8.36. The van der Waals surface area contributed by atoms with Gasteiger partial charge in [-0.2, -0.15) is 0 Å². The standard InChI is InChI=1S/C19H17Cl3N2OS/c20-15-3-5-17(6-4-15)26-18(10-24-8-7-23-13-24)12-25-11-14-1-2-16(21)9-19(14)22/h1-9,13,18H,10-12H2. The third kappa shape index (κ3) is 5.93. The highest BCUT2D eigenvalue weighted by Crippen LogP contribution is 2.27. The Morgan fingerprint density at radius 1 is 1.04 bits per heavy atom. The molecule has 1 unspecified atom stereocenters. The van der Waals surface area contributed by atoms with Crippen molar-refractivity contribution < 1.29 is 4.74 Å². The molecule has 26 heavy (non-hydrogen) atoms. The van der Waals surface area contributed by atoms with Crippen molar-refractivity contribution in [1.82, 2.24) is 9.55 Å². The molecule has 3 rings (SSSR count). The molecule has 0 bridgehead atoms. The van der Waals surface area contributed by atoms with Crippen LogP contribution in [0.25, 0.3) is 0 Å². The van der Waals surface area contributed by atoms with Crippen LogP contribution in [0.1, 0.15) is 5.56 Å². The molecule has 0 radical (unpaired) electrons. The number of thioether (sulfide) groups is 1. The number of imidazole rings is 1. The van der Waals surface area contributed by atoms with Crippen LogP contribution in [0.5, 0.6) is 0 Å². The Labute approximate surface area is 172 Å². The van der Waals surface area contributed by atoms with Gasteiger partial charge in [0.2, 0.25) is 0 Å². The highest BCUT2D eigenvalue weighted by atomic mass is 35.5. The minimum atomic E-state index is 0.219. The topological polar surface area (TPSA) is 27.1 Å². The lowest BCUT2D eigenvalue weighted by atomic mass is 10.2. The van der Waals surface area contributed by atoms with Crippen LogP contribution in [0.15, 0.2) is 66.1 Å². The maximum absolute atomic E-state index is 6.21. The number of hydrogen-bond acceptors (Lipinski definition) is 3. The van der Waals surface area contributed by atoms with Crippen LogP contribution in [0.4, 0.5) is 0 Å². The first-order valence-corrected chi connectivity index (χ1v) is 10.0. The Kier molecular flexibility index (Phi) is 7.29. The molecule has 2 aromatic carbocycles. The van der Waals surface area contributed by atoms with E-state index in [0.717, 1.165) is 22.0 Å². The Morgan fingerprint density at radius 3 is 2.50 bits per heavy atom. The fraction of sp³-hybridized carbons (Fsp3) is 0.211. The number of nitrogens with zero attached hydrogens (tertiary/aromatic N) is 2. The van der Waals surface area contributed by atoms with E-state index in [2.05, 4.69) is 4.98 Å². The van der Waals surface area contributed by atoms with E-state index < -0.39 is 0 Å². The maximum atomic E-state index is 6.21. The minimum absolute atomic E-state index is 0.219. The number of aromatic nitrogens is 2. The molecule has 136 valence electrons. The molecule has 1 atom stereocenters. The van der Waals surface area contributed by atoms with Crippen LogP contribution in [-0.2, 0) is 17.9 Å². The zero-order valence-corrected chi connectivity index (χ0v) is 16.9. The first-order chi connectivity index (χ1) is 12.6. The first-order valence-electron chi connectivity index (χ1n) is 8.00. The van der Waals surface area contributed by atoms with Crippen molar-refractivity contribution in [2.24, 2.45) is 0 Å². The van der Waals surface area contributed by atoms with Gasteiger partial charge in [0.25, 0.3) is 0 Å². The molecule has 0 fully saturated rings. The van der Waals surface area contributed by atoms with E-state index in [1.54, 1.807) is 24.0 Å². The molecule has 0 aliphatic carbocycles. The van der Waals surface area contributed by atoms with E-state index in [0.29, 0.717) is 23.3 Å². The molecule has 1 heterocycles. The summed E-state index contributed by atoms with van der Waals surface area (Å²) in [6, 6.07) is 13.3. The van der Waals surface area contributed by atoms with E-state index in [9.17, 15) is 0 Å². The van der Waals surface area contributed by atoms with Gasteiger partial charge in [0.15, 0.2) is 0 Å². The van der Waals surface area contributed by atoms with Gasteiger partial charge in [0.05, 0.1) is 24.8 Å². The molecular weight excluding hydrogens is 411 g/mol. The summed E-state index contributed by atoms with van der Waals surface area (Å²) in [6.45, 7) is 1.81. The van der Waals surface area contributed by atoms with Gasteiger partial charge < -0.3 is 9.30 Å². The lowest BCUT2D eigenvalue weighted by Crippen LogP contribution is -2.18. The van der Waals surface area contributed by atoms with E-state index in [1.807, 2.05) is 53.5 Å². The van der Waals surface area contributed by atoms with Gasteiger partial charge in [-0.05, 0) is 42.0 Å². The lowest BCUT2D eigenvalue weighted by Gasteiger charge is -2.18. The second kappa shape index (κ2) is 9.67. The van der Waals surface area contributed by atoms with Gasteiger partial charge in [0.1, 0.15) is 0 Å². The fourth-order valence-electron chi connectivity index (χ4n) is 2.40. The molecule has 0 aliphatic rings. The SMILES string of the molecule is Clc1ccc(SC(COCc2ccc(Cl)cc2Cl)Cn2ccnc2)cc1. The van der Waals surface area contributed by atoms with Gasteiger partial charge in [-0.25, -0.2) is 4.98 Å². The van der Waals surface area contributed by atoms with Crippen molar-refractivity contribution in [2.75, 3.05) is 6.61 Å². The largest absolute Gasteiger partial charge is 0.375 e. The Bertz CT molecular complexity index is 825. The summed E-state index contributed by atoms with van der Waals surface area (Å²) < 4.78 is 7.99. The smallest absolute Gasteiger partial charge is 0.0946 e. The lowest BCUT2D eigenvalue weighted by molar-refractivity contribution is 0.119. The number of halogens is 3. The summed E-state index contributed by atoms with van der Waals surface area (Å²) in [5.74, 6) is 0. The number of hydrogen-bond donors (Lipinski definition) is 0. The van der Waals surface area contributed by atoms with E-state index in [1.165, 1.54) is 0 Å². The monoisotopic (exact) mass is 426 g/mol. The summed E-state index contributed by atoms with van der Waals surface area (Å²) in [4.78, 5) is 5.25. The Balaban J connectivity index is 1.61. The van der Waals surface area contributed by atoms with E-state index in [-0.39, 0.29) is 5.25 Å². The fourth-order valence-corrected chi connectivity index (χ4v) is 4.08. The molecule has 3 nitrogen and oxygen atoms in total. The second-order valence-electron chi connectivity index (χ2n) is 5.70. The quantitative estimate of drug-likeness (QED) is 0.399. The zero-order chi connectivity index (χ0) is 18.4. The zero-order valence-electron chi connectivity index (χ0n) is 13.8. The van der Waals surface area contributed by atoms with Crippen molar-refractivity contribution in [2.45, 2.75) is 23.3 Å². The van der Waals surface area contributed by atoms with Crippen LogP contribution in [0, 0.1) is 0 Å². The van der Waals surface area contributed by atoms with Crippen LogP contribution < -0.4 is 0 Å².